The van der Waals surface area contributed by atoms with Crippen LogP contribution in [0.3, 0.4) is 0 Å². The Kier molecular flexibility index (Phi) is 3.34. The number of hydrogen-bond acceptors (Lipinski definition) is 3. The van der Waals surface area contributed by atoms with Crippen molar-refractivity contribution in [2.75, 3.05) is 11.5 Å². The lowest BCUT2D eigenvalue weighted by atomic mass is 9.83. The topological polar surface area (TPSA) is 37.3 Å². The molecule has 1 spiro atoms. The number of hydrogen-bond donors (Lipinski definition) is 1. The normalized spacial score (nSPS) is 20.5. The van der Waals surface area contributed by atoms with Gasteiger partial charge in [-0.25, -0.2) is 4.79 Å². The summed E-state index contributed by atoms with van der Waals surface area (Å²) >= 11 is 4.04. The standard InChI is InChI=1S/C15H18O2S2/c1-9-8-12(14(16)17)10(2)13-11(9)4-3-5-15(13)18-6-7-19-15/h8H,3-7H2,1-2H3,(H,16,17). The monoisotopic (exact) mass is 294 g/mol. The molecule has 3 rings (SSSR count). The average molecular weight is 294 g/mol. The maximum Gasteiger partial charge on any atom is 0.335 e. The maximum absolute atomic E-state index is 11.4. The number of carboxylic acid groups (broad SMARTS) is 1. The SMILES string of the molecule is Cc1cc(C(=O)O)c(C)c2c1CCCC21SCCS1. The predicted molar refractivity (Wildman–Crippen MR) is 82.4 cm³/mol. The zero-order valence-corrected chi connectivity index (χ0v) is 12.9. The number of aromatic carboxylic acids is 1. The van der Waals surface area contributed by atoms with E-state index in [9.17, 15) is 9.90 Å². The van der Waals surface area contributed by atoms with E-state index in [4.69, 9.17) is 0 Å². The van der Waals surface area contributed by atoms with Gasteiger partial charge >= 0.3 is 5.97 Å². The highest BCUT2D eigenvalue weighted by atomic mass is 32.2. The number of benzene rings is 1. The van der Waals surface area contributed by atoms with Crippen molar-refractivity contribution in [1.82, 2.24) is 0 Å². The molecule has 1 aliphatic carbocycles. The first-order valence-electron chi connectivity index (χ1n) is 6.70. The van der Waals surface area contributed by atoms with Crippen LogP contribution in [0.5, 0.6) is 0 Å². The number of carboxylic acids is 1. The van der Waals surface area contributed by atoms with Crippen LogP contribution in [-0.2, 0) is 10.5 Å². The van der Waals surface area contributed by atoms with Crippen molar-refractivity contribution in [2.45, 2.75) is 37.2 Å². The Labute approximate surface area is 122 Å². The third kappa shape index (κ3) is 2.00. The van der Waals surface area contributed by atoms with Gasteiger partial charge in [-0.1, -0.05) is 0 Å². The Bertz CT molecular complexity index is 546. The van der Waals surface area contributed by atoms with E-state index in [0.717, 1.165) is 17.5 Å². The summed E-state index contributed by atoms with van der Waals surface area (Å²) in [6, 6.07) is 1.86. The first-order chi connectivity index (χ1) is 9.05. The van der Waals surface area contributed by atoms with Crippen molar-refractivity contribution in [3.63, 3.8) is 0 Å². The van der Waals surface area contributed by atoms with E-state index in [1.807, 2.05) is 36.5 Å². The van der Waals surface area contributed by atoms with Crippen molar-refractivity contribution in [3.8, 4) is 0 Å². The van der Waals surface area contributed by atoms with Crippen LogP contribution in [0.4, 0.5) is 0 Å². The summed E-state index contributed by atoms with van der Waals surface area (Å²) < 4.78 is 0.133. The molecule has 0 amide bonds. The quantitative estimate of drug-likeness (QED) is 0.850. The Morgan fingerprint density at radius 2 is 2.00 bits per heavy atom. The fourth-order valence-corrected chi connectivity index (χ4v) is 6.97. The molecule has 0 radical (unpaired) electrons. The smallest absolute Gasteiger partial charge is 0.335 e. The molecule has 19 heavy (non-hydrogen) atoms. The maximum atomic E-state index is 11.4. The van der Waals surface area contributed by atoms with E-state index in [1.165, 1.54) is 35.5 Å². The second-order valence-corrected chi connectivity index (χ2v) is 8.37. The second kappa shape index (κ2) is 4.74. The molecule has 1 heterocycles. The van der Waals surface area contributed by atoms with Gasteiger partial charge in [0.1, 0.15) is 0 Å². The van der Waals surface area contributed by atoms with Crippen LogP contribution < -0.4 is 0 Å². The van der Waals surface area contributed by atoms with E-state index in [0.29, 0.717) is 5.56 Å². The molecule has 0 saturated carbocycles. The Balaban J connectivity index is 2.27. The summed E-state index contributed by atoms with van der Waals surface area (Å²) in [6.45, 7) is 4.06. The molecule has 102 valence electrons. The van der Waals surface area contributed by atoms with Crippen molar-refractivity contribution >= 4 is 29.5 Å². The number of aryl methyl sites for hydroxylation is 1. The van der Waals surface area contributed by atoms with Crippen LogP contribution in [0, 0.1) is 13.8 Å². The fraction of sp³-hybridized carbons (Fsp3) is 0.533. The van der Waals surface area contributed by atoms with E-state index in [1.54, 1.807) is 0 Å². The van der Waals surface area contributed by atoms with Gasteiger partial charge in [-0.15, -0.1) is 23.5 Å². The lowest BCUT2D eigenvalue weighted by Gasteiger charge is -2.37. The third-order valence-corrected chi connectivity index (χ3v) is 7.75. The molecule has 1 N–H and O–H groups in total. The molecule has 1 fully saturated rings. The molecule has 1 aromatic carbocycles. The molecule has 1 saturated heterocycles. The van der Waals surface area contributed by atoms with Crippen LogP contribution in [0.25, 0.3) is 0 Å². The molecular weight excluding hydrogens is 276 g/mol. The third-order valence-electron chi connectivity index (χ3n) is 4.22. The second-order valence-electron chi connectivity index (χ2n) is 5.33. The molecule has 1 aliphatic heterocycles. The molecule has 0 aromatic heterocycles. The van der Waals surface area contributed by atoms with Gasteiger partial charge in [-0.2, -0.15) is 0 Å². The van der Waals surface area contributed by atoms with Crippen LogP contribution in [0.2, 0.25) is 0 Å². The summed E-state index contributed by atoms with van der Waals surface area (Å²) in [5, 5.41) is 9.41. The minimum atomic E-state index is -0.794. The molecule has 4 heteroatoms. The first kappa shape index (κ1) is 13.4. The molecule has 2 aliphatic rings. The minimum absolute atomic E-state index is 0.133. The number of fused-ring (bicyclic) bond motifs is 2. The highest BCUT2D eigenvalue weighted by molar-refractivity contribution is 8.20. The van der Waals surface area contributed by atoms with E-state index < -0.39 is 5.97 Å². The zero-order chi connectivity index (χ0) is 13.6. The van der Waals surface area contributed by atoms with Crippen molar-refractivity contribution < 1.29 is 9.90 Å². The lowest BCUT2D eigenvalue weighted by molar-refractivity contribution is 0.0696. The molecular formula is C15H18O2S2. The van der Waals surface area contributed by atoms with Gasteiger partial charge in [0, 0.05) is 11.5 Å². The van der Waals surface area contributed by atoms with Gasteiger partial charge in [-0.3, -0.25) is 0 Å². The van der Waals surface area contributed by atoms with E-state index in [2.05, 4.69) is 6.92 Å². The molecule has 1 aromatic rings. The van der Waals surface area contributed by atoms with Crippen molar-refractivity contribution in [1.29, 1.82) is 0 Å². The summed E-state index contributed by atoms with van der Waals surface area (Å²) in [5.41, 5.74) is 5.39. The number of rotatable bonds is 1. The highest BCUT2D eigenvalue weighted by Gasteiger charge is 2.43. The summed E-state index contributed by atoms with van der Waals surface area (Å²) in [7, 11) is 0. The van der Waals surface area contributed by atoms with Gasteiger partial charge in [0.15, 0.2) is 0 Å². The highest BCUT2D eigenvalue weighted by Crippen LogP contribution is 2.59. The van der Waals surface area contributed by atoms with E-state index >= 15 is 0 Å². The Morgan fingerprint density at radius 3 is 2.63 bits per heavy atom. The predicted octanol–water partition coefficient (Wildman–Crippen LogP) is 3.97. The van der Waals surface area contributed by atoms with Crippen LogP contribution >= 0.6 is 23.5 Å². The largest absolute Gasteiger partial charge is 0.478 e. The van der Waals surface area contributed by atoms with Gasteiger partial charge < -0.3 is 5.11 Å². The molecule has 2 nitrogen and oxygen atoms in total. The molecule has 0 atom stereocenters. The fourth-order valence-electron chi connectivity index (χ4n) is 3.40. The zero-order valence-electron chi connectivity index (χ0n) is 11.3. The van der Waals surface area contributed by atoms with Crippen molar-refractivity contribution in [3.05, 3.63) is 33.9 Å². The van der Waals surface area contributed by atoms with Gasteiger partial charge in [0.05, 0.1) is 9.64 Å². The summed E-state index contributed by atoms with van der Waals surface area (Å²) in [4.78, 5) is 11.4. The molecule has 0 unspecified atom stereocenters. The van der Waals surface area contributed by atoms with Crippen LogP contribution in [-0.4, -0.2) is 22.6 Å². The lowest BCUT2D eigenvalue weighted by Crippen LogP contribution is -2.25. The first-order valence-corrected chi connectivity index (χ1v) is 8.67. The van der Waals surface area contributed by atoms with E-state index in [-0.39, 0.29) is 4.08 Å². The van der Waals surface area contributed by atoms with Gasteiger partial charge in [0.2, 0.25) is 0 Å². The Morgan fingerprint density at radius 1 is 1.32 bits per heavy atom. The Hall–Kier alpha value is -0.610. The number of carbonyl (C=O) groups is 1. The van der Waals surface area contributed by atoms with Gasteiger partial charge in [0.25, 0.3) is 0 Å². The summed E-state index contributed by atoms with van der Waals surface area (Å²) in [6.07, 6.45) is 3.50. The minimum Gasteiger partial charge on any atom is -0.478 e. The van der Waals surface area contributed by atoms with Gasteiger partial charge in [-0.05, 0) is 61.4 Å². The molecule has 0 bridgehead atoms. The average Bonchev–Trinajstić information content (AvgIpc) is 2.82. The van der Waals surface area contributed by atoms with Crippen molar-refractivity contribution in [2.24, 2.45) is 0 Å². The van der Waals surface area contributed by atoms with Crippen LogP contribution in [0.1, 0.15) is 45.5 Å². The van der Waals surface area contributed by atoms with Crippen LogP contribution in [0.15, 0.2) is 6.07 Å². The number of thioether (sulfide) groups is 2. The summed E-state index contributed by atoms with van der Waals surface area (Å²) in [5.74, 6) is 1.57.